The smallest absolute Gasteiger partial charge is 0.236 e. The highest BCUT2D eigenvalue weighted by atomic mass is 32.1. The second kappa shape index (κ2) is 9.59. The number of ketones is 2. The Hall–Kier alpha value is -3.12. The number of amides is 1. The Labute approximate surface area is 178 Å². The molecule has 0 fully saturated rings. The van der Waals surface area contributed by atoms with Gasteiger partial charge >= 0.3 is 0 Å². The van der Waals surface area contributed by atoms with Crippen LogP contribution in [0.4, 0.5) is 10.1 Å². The largest absolute Gasteiger partial charge is 0.325 e. The Morgan fingerprint density at radius 2 is 1.57 bits per heavy atom. The maximum atomic E-state index is 13.4. The third kappa shape index (κ3) is 4.89. The van der Waals surface area contributed by atoms with Gasteiger partial charge in [0, 0.05) is 22.0 Å². The molecule has 0 spiro atoms. The summed E-state index contributed by atoms with van der Waals surface area (Å²) in [5, 5.41) is 4.57. The van der Waals surface area contributed by atoms with E-state index in [1.807, 2.05) is 6.07 Å². The van der Waals surface area contributed by atoms with E-state index in [2.05, 4.69) is 5.32 Å². The minimum atomic E-state index is -1.21. The zero-order chi connectivity index (χ0) is 21.7. The van der Waals surface area contributed by atoms with E-state index in [4.69, 9.17) is 0 Å². The van der Waals surface area contributed by atoms with Gasteiger partial charge in [-0.05, 0) is 47.8 Å². The first-order valence-corrected chi connectivity index (χ1v) is 10.5. The van der Waals surface area contributed by atoms with E-state index in [1.165, 1.54) is 35.6 Å². The van der Waals surface area contributed by atoms with Crippen LogP contribution in [0.5, 0.6) is 0 Å². The van der Waals surface area contributed by atoms with E-state index in [0.29, 0.717) is 10.6 Å². The maximum Gasteiger partial charge on any atom is 0.236 e. The number of benzene rings is 2. The molecule has 0 saturated carbocycles. The molecule has 3 rings (SSSR count). The lowest BCUT2D eigenvalue weighted by atomic mass is 9.78. The number of carbonyl (C=O) groups is 3. The number of anilines is 1. The topological polar surface area (TPSA) is 63.2 Å². The summed E-state index contributed by atoms with van der Waals surface area (Å²) in [5.74, 6) is -4.35. The highest BCUT2D eigenvalue weighted by molar-refractivity contribution is 7.10. The molecule has 1 heterocycles. The summed E-state index contributed by atoms with van der Waals surface area (Å²) in [6.07, 6.45) is 0. The Morgan fingerprint density at radius 3 is 2.13 bits per heavy atom. The number of hydrogen-bond donors (Lipinski definition) is 1. The fraction of sp³-hybridized carbons (Fsp3) is 0.208. The summed E-state index contributed by atoms with van der Waals surface area (Å²) in [6.45, 7) is 3.41. The van der Waals surface area contributed by atoms with Crippen LogP contribution in [-0.4, -0.2) is 17.5 Å². The van der Waals surface area contributed by atoms with E-state index in [-0.39, 0.29) is 17.1 Å². The summed E-state index contributed by atoms with van der Waals surface area (Å²) >= 11 is 1.31. The van der Waals surface area contributed by atoms with Crippen LogP contribution in [0.2, 0.25) is 0 Å². The molecule has 6 heteroatoms. The van der Waals surface area contributed by atoms with Gasteiger partial charge in [0.25, 0.3) is 0 Å². The minimum absolute atomic E-state index is 0.254. The Bertz CT molecular complexity index is 1010. The molecule has 0 saturated heterocycles. The van der Waals surface area contributed by atoms with Gasteiger partial charge in [-0.1, -0.05) is 38.1 Å². The van der Waals surface area contributed by atoms with Crippen molar-refractivity contribution in [2.24, 2.45) is 11.8 Å². The maximum absolute atomic E-state index is 13.4. The van der Waals surface area contributed by atoms with Gasteiger partial charge in [-0.3, -0.25) is 14.4 Å². The van der Waals surface area contributed by atoms with E-state index < -0.39 is 29.5 Å². The van der Waals surface area contributed by atoms with Gasteiger partial charge in [0.1, 0.15) is 17.5 Å². The molecule has 0 aliphatic heterocycles. The summed E-state index contributed by atoms with van der Waals surface area (Å²) in [5.41, 5.74) is 0.798. The first-order chi connectivity index (χ1) is 14.4. The van der Waals surface area contributed by atoms with E-state index >= 15 is 0 Å². The van der Waals surface area contributed by atoms with Gasteiger partial charge in [0.2, 0.25) is 5.91 Å². The molecule has 2 atom stereocenters. The third-order valence-electron chi connectivity index (χ3n) is 4.79. The predicted octanol–water partition coefficient (Wildman–Crippen LogP) is 5.33. The van der Waals surface area contributed by atoms with Crippen molar-refractivity contribution in [2.45, 2.75) is 19.8 Å². The van der Waals surface area contributed by atoms with Crippen LogP contribution >= 0.6 is 11.3 Å². The zero-order valence-electron chi connectivity index (χ0n) is 16.7. The fourth-order valence-corrected chi connectivity index (χ4v) is 4.11. The lowest BCUT2D eigenvalue weighted by Gasteiger charge is -2.25. The molecule has 154 valence electrons. The average molecular weight is 424 g/mol. The van der Waals surface area contributed by atoms with E-state index in [0.717, 1.165) is 0 Å². The lowest BCUT2D eigenvalue weighted by Crippen LogP contribution is -2.39. The van der Waals surface area contributed by atoms with Gasteiger partial charge in [-0.25, -0.2) is 4.39 Å². The van der Waals surface area contributed by atoms with Gasteiger partial charge in [0.15, 0.2) is 5.78 Å². The minimum Gasteiger partial charge on any atom is -0.325 e. The van der Waals surface area contributed by atoms with Gasteiger partial charge in [0.05, 0.1) is 5.92 Å². The van der Waals surface area contributed by atoms with Crippen LogP contribution in [0, 0.1) is 17.7 Å². The molecule has 1 N–H and O–H groups in total. The van der Waals surface area contributed by atoms with Crippen LogP contribution in [0.25, 0.3) is 0 Å². The molecule has 0 radical (unpaired) electrons. The van der Waals surface area contributed by atoms with Crippen molar-refractivity contribution in [3.63, 3.8) is 0 Å². The molecule has 3 aromatic rings. The Balaban J connectivity index is 2.04. The molecule has 2 aromatic carbocycles. The number of nitrogens with one attached hydrogen (secondary N) is 1. The van der Waals surface area contributed by atoms with Crippen LogP contribution in [0.15, 0.2) is 72.1 Å². The van der Waals surface area contributed by atoms with Gasteiger partial charge in [-0.15, -0.1) is 11.3 Å². The molecule has 1 amide bonds. The second-order valence-corrected chi connectivity index (χ2v) is 8.23. The van der Waals surface area contributed by atoms with Crippen molar-refractivity contribution in [1.82, 2.24) is 0 Å². The quantitative estimate of drug-likeness (QED) is 0.393. The number of hydrogen-bond acceptors (Lipinski definition) is 4. The number of carbonyl (C=O) groups excluding carboxylic acids is 3. The number of rotatable bonds is 8. The van der Waals surface area contributed by atoms with Crippen molar-refractivity contribution in [2.75, 3.05) is 5.32 Å². The number of Topliss-reactive ketones (excluding diaryl/α,β-unsaturated/α-hetero) is 2. The molecule has 1 aromatic heterocycles. The van der Waals surface area contributed by atoms with Crippen molar-refractivity contribution in [3.05, 3.63) is 88.4 Å². The Kier molecular flexibility index (Phi) is 6.90. The van der Waals surface area contributed by atoms with E-state index in [9.17, 15) is 18.8 Å². The fourth-order valence-electron chi connectivity index (χ4n) is 3.25. The molecule has 0 aliphatic rings. The predicted molar refractivity (Wildman–Crippen MR) is 116 cm³/mol. The standard InChI is InChI=1S/C24H22FNO3S/c1-15(2)22(27)21(24(29)26-18-7-4-3-5-8-18)20(19-9-6-14-30-19)23(28)16-10-12-17(25)13-11-16/h3-15,20-21H,1-2H3,(H,26,29). The molecule has 0 aliphatic carbocycles. The molecule has 0 bridgehead atoms. The molecule has 4 nitrogen and oxygen atoms in total. The van der Waals surface area contributed by atoms with Gasteiger partial charge < -0.3 is 5.32 Å². The monoisotopic (exact) mass is 423 g/mol. The van der Waals surface area contributed by atoms with Crippen molar-refractivity contribution < 1.29 is 18.8 Å². The van der Waals surface area contributed by atoms with Crippen molar-refractivity contribution in [1.29, 1.82) is 0 Å². The normalized spacial score (nSPS) is 12.9. The number of para-hydroxylation sites is 1. The molecular formula is C24H22FNO3S. The first-order valence-electron chi connectivity index (χ1n) is 9.61. The summed E-state index contributed by atoms with van der Waals surface area (Å²) < 4.78 is 13.4. The van der Waals surface area contributed by atoms with Crippen LogP contribution in [0.3, 0.4) is 0 Å². The summed E-state index contributed by atoms with van der Waals surface area (Å²) in [6, 6.07) is 17.5. The molecule has 2 unspecified atom stereocenters. The molecular weight excluding hydrogens is 401 g/mol. The van der Waals surface area contributed by atoms with Crippen LogP contribution in [0.1, 0.15) is 35.0 Å². The average Bonchev–Trinajstić information content (AvgIpc) is 3.26. The van der Waals surface area contributed by atoms with Crippen LogP contribution < -0.4 is 5.32 Å². The Morgan fingerprint density at radius 1 is 0.900 bits per heavy atom. The zero-order valence-corrected chi connectivity index (χ0v) is 17.5. The summed E-state index contributed by atoms with van der Waals surface area (Å²) in [4.78, 5) is 40.4. The lowest BCUT2D eigenvalue weighted by molar-refractivity contribution is -0.133. The highest BCUT2D eigenvalue weighted by Crippen LogP contribution is 2.35. The highest BCUT2D eigenvalue weighted by Gasteiger charge is 2.41. The van der Waals surface area contributed by atoms with Crippen LogP contribution in [-0.2, 0) is 9.59 Å². The molecule has 30 heavy (non-hydrogen) atoms. The van der Waals surface area contributed by atoms with Crippen molar-refractivity contribution >= 4 is 34.5 Å². The number of thiophene rings is 1. The SMILES string of the molecule is CC(C)C(=O)C(C(=O)Nc1ccccc1)C(C(=O)c1ccc(F)cc1)c1cccs1. The first kappa shape index (κ1) is 21.6. The van der Waals surface area contributed by atoms with E-state index in [1.54, 1.807) is 55.6 Å². The summed E-state index contributed by atoms with van der Waals surface area (Å²) in [7, 11) is 0. The second-order valence-electron chi connectivity index (χ2n) is 7.25. The van der Waals surface area contributed by atoms with Crippen molar-refractivity contribution in [3.8, 4) is 0 Å². The van der Waals surface area contributed by atoms with Gasteiger partial charge in [-0.2, -0.15) is 0 Å². The number of halogens is 1. The third-order valence-corrected chi connectivity index (χ3v) is 5.75.